The van der Waals surface area contributed by atoms with E-state index in [1.54, 1.807) is 34.9 Å². The van der Waals surface area contributed by atoms with Crippen LogP contribution in [-0.4, -0.2) is 62.4 Å². The Kier molecular flexibility index (Phi) is 7.69. The smallest absolute Gasteiger partial charge is 0.418 e. The summed E-state index contributed by atoms with van der Waals surface area (Å²) in [5.41, 5.74) is 1.83. The SMILES string of the molecule is COc1ccc(-c2ccc3c(c2)c2c(nnn2-c2ccc(N4CCNCC4)c(C(F)(F)F)c2)c(=O)n3CCCn2cccc2)cn1. The number of halogens is 3. The standard InChI is InChI=1S/C33H31F3N8O2/c1-46-29-10-6-23(21-38-29)22-5-8-27-25(19-22)31-30(32(45)43(27)16-4-15-41-13-2-3-14-41)39-40-44(31)24-7-9-28(26(20-24)33(34,35)36)42-17-11-37-12-18-42/h2-3,5-10,13-14,19-21,37H,4,11-12,15-18H2,1H3. The van der Waals surface area contributed by atoms with E-state index >= 15 is 0 Å². The first-order valence-corrected chi connectivity index (χ1v) is 15.0. The molecule has 0 unspecified atom stereocenters. The molecule has 1 saturated heterocycles. The van der Waals surface area contributed by atoms with Crippen LogP contribution in [0.15, 0.2) is 84.0 Å². The zero-order valence-electron chi connectivity index (χ0n) is 25.0. The van der Waals surface area contributed by atoms with Gasteiger partial charge in [0.1, 0.15) is 5.52 Å². The maximum atomic E-state index is 14.5. The fraction of sp³-hybridized carbons (Fsp3) is 0.273. The molecule has 1 N–H and O–H groups in total. The van der Waals surface area contributed by atoms with E-state index in [4.69, 9.17) is 4.74 Å². The van der Waals surface area contributed by atoms with Crippen LogP contribution in [0.2, 0.25) is 0 Å². The van der Waals surface area contributed by atoms with Gasteiger partial charge >= 0.3 is 6.18 Å². The second kappa shape index (κ2) is 12.0. The highest BCUT2D eigenvalue weighted by Crippen LogP contribution is 2.39. The number of rotatable bonds is 8. The van der Waals surface area contributed by atoms with Gasteiger partial charge in [0, 0.05) is 80.6 Å². The van der Waals surface area contributed by atoms with Gasteiger partial charge in [-0.15, -0.1) is 5.10 Å². The molecule has 13 heteroatoms. The van der Waals surface area contributed by atoms with Crippen LogP contribution in [0.25, 0.3) is 38.8 Å². The molecule has 4 aromatic heterocycles. The largest absolute Gasteiger partial charge is 0.481 e. The molecule has 0 aliphatic carbocycles. The zero-order valence-corrected chi connectivity index (χ0v) is 25.0. The van der Waals surface area contributed by atoms with Gasteiger partial charge in [0.15, 0.2) is 5.52 Å². The number of hydrogen-bond donors (Lipinski definition) is 1. The summed E-state index contributed by atoms with van der Waals surface area (Å²) in [6.45, 7) is 3.25. The van der Waals surface area contributed by atoms with Crippen LogP contribution in [0.1, 0.15) is 12.0 Å². The fourth-order valence-corrected chi connectivity index (χ4v) is 6.11. The van der Waals surface area contributed by atoms with Crippen LogP contribution in [0, 0.1) is 0 Å². The summed E-state index contributed by atoms with van der Waals surface area (Å²) < 4.78 is 53.7. The zero-order chi connectivity index (χ0) is 31.8. The molecule has 6 aromatic rings. The fourth-order valence-electron chi connectivity index (χ4n) is 6.11. The molecule has 1 fully saturated rings. The minimum atomic E-state index is -4.60. The molecule has 1 aliphatic rings. The Morgan fingerprint density at radius 3 is 2.46 bits per heavy atom. The van der Waals surface area contributed by atoms with Gasteiger partial charge in [-0.2, -0.15) is 13.2 Å². The van der Waals surface area contributed by atoms with Crippen molar-refractivity contribution in [1.29, 1.82) is 0 Å². The summed E-state index contributed by atoms with van der Waals surface area (Å²) in [7, 11) is 1.54. The number of alkyl halides is 3. The van der Waals surface area contributed by atoms with E-state index in [1.807, 2.05) is 53.4 Å². The van der Waals surface area contributed by atoms with Crippen LogP contribution < -0.4 is 20.5 Å². The maximum Gasteiger partial charge on any atom is 0.418 e. The first-order chi connectivity index (χ1) is 22.3. The van der Waals surface area contributed by atoms with E-state index in [1.165, 1.54) is 10.7 Å². The Labute approximate surface area is 261 Å². The molecule has 236 valence electrons. The van der Waals surface area contributed by atoms with Crippen LogP contribution >= 0.6 is 0 Å². The van der Waals surface area contributed by atoms with E-state index < -0.39 is 11.7 Å². The van der Waals surface area contributed by atoms with Crippen molar-refractivity contribution in [3.8, 4) is 22.7 Å². The van der Waals surface area contributed by atoms with Gasteiger partial charge in [0.25, 0.3) is 5.56 Å². The molecule has 0 atom stereocenters. The second-order valence-corrected chi connectivity index (χ2v) is 11.2. The molecule has 5 heterocycles. The summed E-state index contributed by atoms with van der Waals surface area (Å²) >= 11 is 0. The lowest BCUT2D eigenvalue weighted by Crippen LogP contribution is -2.44. The van der Waals surface area contributed by atoms with Crippen LogP contribution in [0.5, 0.6) is 5.88 Å². The lowest BCUT2D eigenvalue weighted by molar-refractivity contribution is -0.137. The molecule has 46 heavy (non-hydrogen) atoms. The number of nitrogens with one attached hydrogen (secondary N) is 1. The first kappa shape index (κ1) is 29.5. The highest BCUT2D eigenvalue weighted by molar-refractivity contribution is 6.04. The van der Waals surface area contributed by atoms with Crippen molar-refractivity contribution in [2.24, 2.45) is 0 Å². The van der Waals surface area contributed by atoms with Gasteiger partial charge in [0.2, 0.25) is 5.88 Å². The van der Waals surface area contributed by atoms with E-state index in [2.05, 4.69) is 20.6 Å². The summed E-state index contributed by atoms with van der Waals surface area (Å²) in [6.07, 6.45) is 1.69. The van der Waals surface area contributed by atoms with Gasteiger partial charge in [-0.05, 0) is 60.5 Å². The topological polar surface area (TPSA) is 95.0 Å². The molecule has 1 aliphatic heterocycles. The van der Waals surface area contributed by atoms with Gasteiger partial charge in [-0.3, -0.25) is 4.79 Å². The van der Waals surface area contributed by atoms with Crippen molar-refractivity contribution in [1.82, 2.24) is 34.4 Å². The number of ether oxygens (including phenoxy) is 1. The number of aromatic nitrogens is 6. The molecule has 0 spiro atoms. The van der Waals surface area contributed by atoms with Crippen molar-refractivity contribution < 1.29 is 17.9 Å². The summed E-state index contributed by atoms with van der Waals surface area (Å²) in [5.74, 6) is 0.468. The summed E-state index contributed by atoms with van der Waals surface area (Å²) in [4.78, 5) is 20.0. The lowest BCUT2D eigenvalue weighted by Gasteiger charge is -2.31. The average molecular weight is 629 g/mol. The Morgan fingerprint density at radius 2 is 1.74 bits per heavy atom. The Hall–Kier alpha value is -5.17. The van der Waals surface area contributed by atoms with Gasteiger partial charge in [0.05, 0.1) is 23.9 Å². The number of anilines is 1. The highest BCUT2D eigenvalue weighted by atomic mass is 19.4. The maximum absolute atomic E-state index is 14.5. The Bertz CT molecular complexity index is 2060. The van der Waals surface area contributed by atoms with Crippen molar-refractivity contribution >= 4 is 27.6 Å². The van der Waals surface area contributed by atoms with E-state index in [0.29, 0.717) is 68.0 Å². The van der Waals surface area contributed by atoms with E-state index in [0.717, 1.165) is 17.2 Å². The van der Waals surface area contributed by atoms with Gasteiger partial charge < -0.3 is 24.1 Å². The minimum absolute atomic E-state index is 0.0817. The molecule has 10 nitrogen and oxygen atoms in total. The van der Waals surface area contributed by atoms with Crippen LogP contribution in [0.3, 0.4) is 0 Å². The monoisotopic (exact) mass is 628 g/mol. The third-order valence-corrected chi connectivity index (χ3v) is 8.39. The summed E-state index contributed by atoms with van der Waals surface area (Å²) in [5, 5.41) is 12.3. The summed E-state index contributed by atoms with van der Waals surface area (Å²) in [6, 6.07) is 17.4. The molecular formula is C33H31F3N8O2. The predicted molar refractivity (Wildman–Crippen MR) is 170 cm³/mol. The number of methoxy groups -OCH3 is 1. The van der Waals surface area contributed by atoms with Crippen LogP contribution in [-0.2, 0) is 19.3 Å². The number of hydrogen-bond acceptors (Lipinski definition) is 7. The number of benzene rings is 2. The molecule has 2 aromatic carbocycles. The van der Waals surface area contributed by atoms with Crippen molar-refractivity contribution in [2.75, 3.05) is 38.2 Å². The Balaban J connectivity index is 1.40. The first-order valence-electron chi connectivity index (χ1n) is 15.0. The molecule has 0 saturated carbocycles. The number of piperazine rings is 1. The number of aryl methyl sites for hydroxylation is 2. The predicted octanol–water partition coefficient (Wildman–Crippen LogP) is 5.13. The lowest BCUT2D eigenvalue weighted by atomic mass is 10.0. The van der Waals surface area contributed by atoms with Crippen molar-refractivity contribution in [3.05, 3.63) is 95.2 Å². The molecule has 0 amide bonds. The van der Waals surface area contributed by atoms with Crippen LogP contribution in [0.4, 0.5) is 18.9 Å². The average Bonchev–Trinajstić information content (AvgIpc) is 3.77. The Morgan fingerprint density at radius 1 is 0.957 bits per heavy atom. The van der Waals surface area contributed by atoms with E-state index in [9.17, 15) is 18.0 Å². The number of nitrogens with zero attached hydrogens (tertiary/aromatic N) is 7. The third-order valence-electron chi connectivity index (χ3n) is 8.39. The second-order valence-electron chi connectivity index (χ2n) is 11.2. The quantitative estimate of drug-likeness (QED) is 0.250. The van der Waals surface area contributed by atoms with Gasteiger partial charge in [-0.1, -0.05) is 11.3 Å². The van der Waals surface area contributed by atoms with E-state index in [-0.39, 0.29) is 22.5 Å². The molecule has 0 bridgehead atoms. The number of pyridine rings is 2. The van der Waals surface area contributed by atoms with Crippen molar-refractivity contribution in [3.63, 3.8) is 0 Å². The molecule has 7 rings (SSSR count). The number of fused-ring (bicyclic) bond motifs is 3. The third kappa shape index (κ3) is 5.47. The van der Waals surface area contributed by atoms with Crippen molar-refractivity contribution in [2.45, 2.75) is 25.7 Å². The molecule has 0 radical (unpaired) electrons. The minimum Gasteiger partial charge on any atom is -0.481 e. The highest BCUT2D eigenvalue weighted by Gasteiger charge is 2.36. The van der Waals surface area contributed by atoms with Gasteiger partial charge in [-0.25, -0.2) is 9.67 Å². The molecular weight excluding hydrogens is 597 g/mol. The normalized spacial score (nSPS) is 14.0.